The van der Waals surface area contributed by atoms with E-state index in [9.17, 15) is 44.7 Å². The van der Waals surface area contributed by atoms with Crippen molar-refractivity contribution in [3.05, 3.63) is 83.5 Å². The zero-order valence-corrected chi connectivity index (χ0v) is 20.7. The summed E-state index contributed by atoms with van der Waals surface area (Å²) in [4.78, 5) is 42.8. The molecular weight excluding hydrogens is 588 g/mol. The maximum atomic E-state index is 13.1. The van der Waals surface area contributed by atoms with Crippen molar-refractivity contribution in [1.29, 1.82) is 0 Å². The first-order chi connectivity index (χ1) is 19.6. The number of carboxylic acid groups (broad SMARTS) is 1. The third kappa shape index (κ3) is 7.73. The van der Waals surface area contributed by atoms with Crippen LogP contribution in [0.3, 0.4) is 0 Å². The van der Waals surface area contributed by atoms with E-state index >= 15 is 0 Å². The average Bonchev–Trinajstić information content (AvgIpc) is 2.92. The number of esters is 1. The zero-order valence-electron chi connectivity index (χ0n) is 20.7. The lowest BCUT2D eigenvalue weighted by atomic mass is 10.2. The number of nitrogens with zero attached hydrogens (tertiary/aromatic N) is 6. The summed E-state index contributed by atoms with van der Waals surface area (Å²) in [5, 5.41) is 8.68. The van der Waals surface area contributed by atoms with Gasteiger partial charge in [0.05, 0.1) is 19.0 Å². The minimum atomic E-state index is -4.97. The van der Waals surface area contributed by atoms with Crippen LogP contribution in [0.15, 0.2) is 49.3 Å². The molecule has 0 saturated heterocycles. The maximum absolute atomic E-state index is 13.1. The fourth-order valence-electron chi connectivity index (χ4n) is 3.06. The molecule has 4 aromatic heterocycles. The number of alkyl halides is 6. The van der Waals surface area contributed by atoms with Crippen LogP contribution < -0.4 is 0 Å². The summed E-state index contributed by atoms with van der Waals surface area (Å²) >= 11 is 0. The Hall–Kier alpha value is -5.16. The lowest BCUT2D eigenvalue weighted by Gasteiger charge is -2.12. The highest BCUT2D eigenvalue weighted by molar-refractivity contribution is 5.90. The van der Waals surface area contributed by atoms with Gasteiger partial charge in [0, 0.05) is 35.9 Å². The Morgan fingerprint density at radius 1 is 0.738 bits per heavy atom. The van der Waals surface area contributed by atoms with Crippen molar-refractivity contribution in [2.24, 2.45) is 0 Å². The predicted molar refractivity (Wildman–Crippen MR) is 123 cm³/mol. The van der Waals surface area contributed by atoms with Gasteiger partial charge >= 0.3 is 24.3 Å². The largest absolute Gasteiger partial charge is 0.478 e. The molecule has 0 bridgehead atoms. The van der Waals surface area contributed by atoms with Crippen molar-refractivity contribution >= 4 is 11.9 Å². The minimum Gasteiger partial charge on any atom is -0.478 e. The van der Waals surface area contributed by atoms with Gasteiger partial charge < -0.3 is 9.84 Å². The van der Waals surface area contributed by atoms with E-state index in [2.05, 4.69) is 34.6 Å². The molecule has 10 nitrogen and oxygen atoms in total. The predicted octanol–water partition coefficient (Wildman–Crippen LogP) is 5.27. The Morgan fingerprint density at radius 2 is 1.17 bits per heavy atom. The molecule has 0 atom stereocenters. The van der Waals surface area contributed by atoms with Crippen LogP contribution in [0, 0.1) is 11.6 Å². The van der Waals surface area contributed by atoms with E-state index < -0.39 is 70.1 Å². The summed E-state index contributed by atoms with van der Waals surface area (Å²) in [6, 6.07) is 1.83. The highest BCUT2D eigenvalue weighted by Crippen LogP contribution is 2.33. The number of carbonyl (C=O) groups excluding carboxylic acids is 1. The monoisotopic (exact) mass is 602 g/mol. The molecule has 220 valence electrons. The van der Waals surface area contributed by atoms with Crippen LogP contribution in [0.1, 0.15) is 39.0 Å². The number of aromatic nitrogens is 6. The molecule has 4 heterocycles. The summed E-state index contributed by atoms with van der Waals surface area (Å²) in [6.45, 7) is 1.37. The Labute approximate surface area is 229 Å². The van der Waals surface area contributed by atoms with Crippen LogP contribution in [0.5, 0.6) is 0 Å². The van der Waals surface area contributed by atoms with Crippen molar-refractivity contribution in [2.45, 2.75) is 19.3 Å². The van der Waals surface area contributed by atoms with E-state index in [4.69, 9.17) is 5.11 Å². The van der Waals surface area contributed by atoms with E-state index in [0.717, 1.165) is 36.9 Å². The summed E-state index contributed by atoms with van der Waals surface area (Å²) < 4.78 is 108. The highest BCUT2D eigenvalue weighted by atomic mass is 19.4. The van der Waals surface area contributed by atoms with Crippen LogP contribution in [0.2, 0.25) is 0 Å². The standard InChI is InChI=1S/C13H9F4N3O2.C11H5F4N3O2/c1-2-22-12(21)9-6-19-11(20-10(9)13(15,16)17)7-3-8(14)5-18-4-7;12-6-1-5(2-16-3-6)9-17-4-7(10(19)20)8(18-9)11(13,14)15/h3-6H,2H2,1H3;1-4H,(H,19,20). The van der Waals surface area contributed by atoms with Gasteiger partial charge in [-0.25, -0.2) is 38.3 Å². The molecule has 0 unspecified atom stereocenters. The van der Waals surface area contributed by atoms with Crippen LogP contribution in [-0.4, -0.2) is 53.6 Å². The Bertz CT molecular complexity index is 1610. The normalized spacial score (nSPS) is 11.4. The van der Waals surface area contributed by atoms with Gasteiger partial charge in [0.25, 0.3) is 0 Å². The van der Waals surface area contributed by atoms with Gasteiger partial charge in [0.1, 0.15) is 22.8 Å². The van der Waals surface area contributed by atoms with Crippen LogP contribution in [0.4, 0.5) is 35.1 Å². The first-order valence-corrected chi connectivity index (χ1v) is 11.1. The van der Waals surface area contributed by atoms with E-state index in [-0.39, 0.29) is 17.7 Å². The molecule has 0 amide bonds. The van der Waals surface area contributed by atoms with Gasteiger partial charge in [0.15, 0.2) is 23.0 Å². The Morgan fingerprint density at radius 3 is 1.55 bits per heavy atom. The van der Waals surface area contributed by atoms with Gasteiger partial charge in [0.2, 0.25) is 0 Å². The molecule has 4 aromatic rings. The van der Waals surface area contributed by atoms with E-state index in [1.165, 1.54) is 6.92 Å². The van der Waals surface area contributed by atoms with Gasteiger partial charge in [-0.3, -0.25) is 9.97 Å². The second-order valence-electron chi connectivity index (χ2n) is 7.72. The molecule has 1 N–H and O–H groups in total. The summed E-state index contributed by atoms with van der Waals surface area (Å²) in [5.41, 5.74) is -5.05. The summed E-state index contributed by atoms with van der Waals surface area (Å²) in [5.74, 6) is -5.37. The number of hydrogen-bond donors (Lipinski definition) is 1. The third-order valence-electron chi connectivity index (χ3n) is 4.77. The van der Waals surface area contributed by atoms with Crippen molar-refractivity contribution in [3.8, 4) is 22.8 Å². The van der Waals surface area contributed by atoms with Crippen molar-refractivity contribution < 1.29 is 54.6 Å². The van der Waals surface area contributed by atoms with Crippen molar-refractivity contribution in [3.63, 3.8) is 0 Å². The van der Waals surface area contributed by atoms with E-state index in [1.54, 1.807) is 0 Å². The smallest absolute Gasteiger partial charge is 0.434 e. The molecule has 0 aliphatic rings. The zero-order chi connectivity index (χ0) is 31.2. The molecule has 0 radical (unpaired) electrons. The quantitative estimate of drug-likeness (QED) is 0.237. The second kappa shape index (κ2) is 12.6. The number of carbonyl (C=O) groups is 2. The first kappa shape index (κ1) is 31.4. The second-order valence-corrected chi connectivity index (χ2v) is 7.72. The summed E-state index contributed by atoms with van der Waals surface area (Å²) in [7, 11) is 0. The molecule has 0 fully saturated rings. The van der Waals surface area contributed by atoms with E-state index in [0.29, 0.717) is 12.4 Å². The molecule has 0 saturated carbocycles. The van der Waals surface area contributed by atoms with Gasteiger partial charge in [-0.05, 0) is 19.1 Å². The van der Waals surface area contributed by atoms with Crippen molar-refractivity contribution in [1.82, 2.24) is 29.9 Å². The SMILES string of the molecule is CCOC(=O)c1cnc(-c2cncc(F)c2)nc1C(F)(F)F.O=C(O)c1cnc(-c2cncc(F)c2)nc1C(F)(F)F. The molecular formula is C24H14F8N6O4. The number of halogens is 8. The van der Waals surface area contributed by atoms with Gasteiger partial charge in [-0.15, -0.1) is 0 Å². The molecule has 0 spiro atoms. The van der Waals surface area contributed by atoms with Crippen LogP contribution >= 0.6 is 0 Å². The molecule has 0 aromatic carbocycles. The molecule has 42 heavy (non-hydrogen) atoms. The highest BCUT2D eigenvalue weighted by Gasteiger charge is 2.39. The number of pyridine rings is 2. The fourth-order valence-corrected chi connectivity index (χ4v) is 3.06. The van der Waals surface area contributed by atoms with Gasteiger partial charge in [-0.2, -0.15) is 26.3 Å². The average molecular weight is 602 g/mol. The number of ether oxygens (including phenoxy) is 1. The lowest BCUT2D eigenvalue weighted by Crippen LogP contribution is -2.18. The Balaban J connectivity index is 0.000000231. The molecule has 4 rings (SSSR count). The fraction of sp³-hybridized carbons (Fsp3) is 0.167. The van der Waals surface area contributed by atoms with Gasteiger partial charge in [-0.1, -0.05) is 0 Å². The lowest BCUT2D eigenvalue weighted by molar-refractivity contribution is -0.142. The third-order valence-corrected chi connectivity index (χ3v) is 4.77. The van der Waals surface area contributed by atoms with Crippen molar-refractivity contribution in [2.75, 3.05) is 6.61 Å². The topological polar surface area (TPSA) is 141 Å². The van der Waals surface area contributed by atoms with E-state index in [1.807, 2.05) is 0 Å². The van der Waals surface area contributed by atoms with Crippen LogP contribution in [0.25, 0.3) is 22.8 Å². The number of aromatic carboxylic acids is 1. The minimum absolute atomic E-state index is 0.0408. The maximum Gasteiger partial charge on any atom is 0.434 e. The molecule has 0 aliphatic carbocycles. The Kier molecular flexibility index (Phi) is 9.38. The summed E-state index contributed by atoms with van der Waals surface area (Å²) in [6.07, 6.45) is -4.69. The molecule has 0 aliphatic heterocycles. The first-order valence-electron chi connectivity index (χ1n) is 11.1. The number of hydrogen-bond acceptors (Lipinski definition) is 9. The number of carboxylic acids is 1. The number of rotatable bonds is 5. The van der Waals surface area contributed by atoms with Crippen LogP contribution in [-0.2, 0) is 17.1 Å². The molecule has 18 heteroatoms.